The molecule has 0 heterocycles. The van der Waals surface area contributed by atoms with E-state index in [9.17, 15) is 0 Å². The molecular weight excluding hydrogens is 374 g/mol. The third-order valence-electron chi connectivity index (χ3n) is 2.04. The SMILES string of the molecule is IC(=Cc1ccccc1)[Se]c1ccccc1. The molecule has 2 heteroatoms. The Kier molecular flexibility index (Phi) is 4.64. The van der Waals surface area contributed by atoms with E-state index in [4.69, 9.17) is 0 Å². The van der Waals surface area contributed by atoms with Gasteiger partial charge in [0.05, 0.1) is 0 Å². The van der Waals surface area contributed by atoms with Crippen LogP contribution in [0.4, 0.5) is 0 Å². The molecule has 0 N–H and O–H groups in total. The van der Waals surface area contributed by atoms with Crippen LogP contribution in [0.25, 0.3) is 6.08 Å². The summed E-state index contributed by atoms with van der Waals surface area (Å²) in [6, 6.07) is 21.1. The monoisotopic (exact) mass is 386 g/mol. The molecule has 0 aliphatic heterocycles. The van der Waals surface area contributed by atoms with E-state index in [-0.39, 0.29) is 0 Å². The molecule has 0 bridgehead atoms. The van der Waals surface area contributed by atoms with Crippen molar-refractivity contribution in [2.24, 2.45) is 0 Å². The minimum atomic E-state index is 0.428. The van der Waals surface area contributed by atoms with Crippen LogP contribution in [0.15, 0.2) is 63.1 Å². The van der Waals surface area contributed by atoms with E-state index in [1.807, 2.05) is 6.07 Å². The second-order valence-electron chi connectivity index (χ2n) is 3.27. The van der Waals surface area contributed by atoms with Crippen molar-refractivity contribution in [1.82, 2.24) is 0 Å². The van der Waals surface area contributed by atoms with Crippen LogP contribution in [0, 0.1) is 0 Å². The average molecular weight is 385 g/mol. The molecule has 16 heavy (non-hydrogen) atoms. The predicted octanol–water partition coefficient (Wildman–Crippen LogP) is 3.45. The summed E-state index contributed by atoms with van der Waals surface area (Å²) in [5.41, 5.74) is 1.28. The molecule has 0 fully saturated rings. The topological polar surface area (TPSA) is 0 Å². The van der Waals surface area contributed by atoms with Crippen LogP contribution in [-0.2, 0) is 0 Å². The number of halogens is 1. The van der Waals surface area contributed by atoms with Crippen molar-refractivity contribution in [2.45, 2.75) is 0 Å². The van der Waals surface area contributed by atoms with Gasteiger partial charge in [0.2, 0.25) is 0 Å². The summed E-state index contributed by atoms with van der Waals surface area (Å²) in [6.45, 7) is 0. The Bertz CT molecular complexity index is 463. The molecule has 0 aromatic heterocycles. The van der Waals surface area contributed by atoms with Crippen molar-refractivity contribution in [3.63, 3.8) is 0 Å². The Morgan fingerprint density at radius 3 is 2.06 bits per heavy atom. The van der Waals surface area contributed by atoms with Crippen molar-refractivity contribution >= 4 is 48.1 Å². The van der Waals surface area contributed by atoms with Gasteiger partial charge in [0, 0.05) is 0 Å². The molecule has 0 aliphatic carbocycles. The first-order valence-electron chi connectivity index (χ1n) is 5.00. The molecule has 2 aromatic rings. The third-order valence-corrected chi connectivity index (χ3v) is 5.22. The van der Waals surface area contributed by atoms with Crippen LogP contribution >= 0.6 is 22.6 Å². The van der Waals surface area contributed by atoms with Gasteiger partial charge in [0.1, 0.15) is 0 Å². The maximum atomic E-state index is 2.44. The van der Waals surface area contributed by atoms with Crippen molar-refractivity contribution < 1.29 is 0 Å². The molecule has 0 aliphatic rings. The van der Waals surface area contributed by atoms with Crippen LogP contribution in [0.2, 0.25) is 0 Å². The second-order valence-corrected chi connectivity index (χ2v) is 8.42. The second kappa shape index (κ2) is 6.24. The molecule has 0 atom stereocenters. The van der Waals surface area contributed by atoms with Gasteiger partial charge in [0.15, 0.2) is 0 Å². The summed E-state index contributed by atoms with van der Waals surface area (Å²) in [7, 11) is 0. The predicted molar refractivity (Wildman–Crippen MR) is 80.3 cm³/mol. The summed E-state index contributed by atoms with van der Waals surface area (Å²) in [5, 5.41) is 0. The molecule has 0 amide bonds. The molecule has 0 radical (unpaired) electrons. The van der Waals surface area contributed by atoms with E-state index >= 15 is 0 Å². The summed E-state index contributed by atoms with van der Waals surface area (Å²) in [4.78, 5) is 0. The van der Waals surface area contributed by atoms with Gasteiger partial charge in [-0.2, -0.15) is 0 Å². The molecule has 0 saturated heterocycles. The first-order chi connectivity index (χ1) is 7.84. The molecule has 2 rings (SSSR count). The fourth-order valence-corrected chi connectivity index (χ4v) is 4.49. The van der Waals surface area contributed by atoms with E-state index in [0.29, 0.717) is 15.0 Å². The zero-order valence-corrected chi connectivity index (χ0v) is 12.5. The molecule has 2 aromatic carbocycles. The average Bonchev–Trinajstić information content (AvgIpc) is 2.31. The van der Waals surface area contributed by atoms with E-state index < -0.39 is 0 Å². The maximum absolute atomic E-state index is 2.44. The zero-order valence-electron chi connectivity index (χ0n) is 8.64. The van der Waals surface area contributed by atoms with Crippen LogP contribution in [0.5, 0.6) is 0 Å². The summed E-state index contributed by atoms with van der Waals surface area (Å²) in [6.07, 6.45) is 2.26. The standard InChI is InChI=1S/C14H11ISe/c15-14(11-12-7-3-1-4-8-12)16-13-9-5-2-6-10-13/h1-11H. The van der Waals surface area contributed by atoms with Crippen molar-refractivity contribution in [3.05, 3.63) is 68.7 Å². The molecule has 0 unspecified atom stereocenters. The van der Waals surface area contributed by atoms with Crippen molar-refractivity contribution in [3.8, 4) is 0 Å². The van der Waals surface area contributed by atoms with Gasteiger partial charge in [-0.3, -0.25) is 0 Å². The fourth-order valence-electron chi connectivity index (χ4n) is 1.31. The van der Waals surface area contributed by atoms with Gasteiger partial charge in [-0.15, -0.1) is 0 Å². The fraction of sp³-hybridized carbons (Fsp3) is 0. The van der Waals surface area contributed by atoms with Gasteiger partial charge in [-0.05, 0) is 0 Å². The molecule has 0 nitrogen and oxygen atoms in total. The number of hydrogen-bond donors (Lipinski definition) is 0. The first-order valence-corrected chi connectivity index (χ1v) is 7.79. The number of hydrogen-bond acceptors (Lipinski definition) is 0. The molecule has 0 spiro atoms. The Morgan fingerprint density at radius 2 is 1.44 bits per heavy atom. The summed E-state index contributed by atoms with van der Waals surface area (Å²) >= 11 is 2.87. The quantitative estimate of drug-likeness (QED) is 0.561. The van der Waals surface area contributed by atoms with Gasteiger partial charge in [0.25, 0.3) is 0 Å². The Morgan fingerprint density at radius 1 is 0.875 bits per heavy atom. The van der Waals surface area contributed by atoms with E-state index in [2.05, 4.69) is 83.3 Å². The van der Waals surface area contributed by atoms with E-state index in [0.717, 1.165) is 0 Å². The van der Waals surface area contributed by atoms with Gasteiger partial charge in [-0.1, -0.05) is 0 Å². The molecule has 80 valence electrons. The summed E-state index contributed by atoms with van der Waals surface area (Å²) in [5.74, 6) is 0. The van der Waals surface area contributed by atoms with Gasteiger partial charge >= 0.3 is 117 Å². The van der Waals surface area contributed by atoms with Gasteiger partial charge < -0.3 is 0 Å². The van der Waals surface area contributed by atoms with Crippen LogP contribution < -0.4 is 4.46 Å². The Balaban J connectivity index is 2.09. The van der Waals surface area contributed by atoms with Crippen LogP contribution in [0.1, 0.15) is 5.56 Å². The number of rotatable bonds is 3. The van der Waals surface area contributed by atoms with Crippen molar-refractivity contribution in [1.29, 1.82) is 0 Å². The molecular formula is C14H11ISe. The number of benzene rings is 2. The van der Waals surface area contributed by atoms with Gasteiger partial charge in [-0.25, -0.2) is 0 Å². The minimum absolute atomic E-state index is 0.428. The normalized spacial score (nSPS) is 11.4. The Labute approximate surface area is 116 Å². The van der Waals surface area contributed by atoms with Crippen LogP contribution in [0.3, 0.4) is 0 Å². The van der Waals surface area contributed by atoms with E-state index in [1.54, 1.807) is 0 Å². The Hall–Kier alpha value is -0.571. The first kappa shape index (κ1) is 11.9. The summed E-state index contributed by atoms with van der Waals surface area (Å²) < 4.78 is 2.84. The zero-order chi connectivity index (χ0) is 11.2. The molecule has 0 saturated carbocycles. The van der Waals surface area contributed by atoms with Crippen molar-refractivity contribution in [2.75, 3.05) is 0 Å². The van der Waals surface area contributed by atoms with Crippen LogP contribution in [-0.4, -0.2) is 15.0 Å². The van der Waals surface area contributed by atoms with E-state index in [1.165, 1.54) is 12.5 Å². The third kappa shape index (κ3) is 3.78.